The molecule has 2 N–H and O–H groups in total. The molecule has 0 bridgehead atoms. The second kappa shape index (κ2) is 6.00. The molecule has 0 aliphatic heterocycles. The molecule has 16 heavy (non-hydrogen) atoms. The van der Waals surface area contributed by atoms with Crippen molar-refractivity contribution in [3.8, 4) is 11.5 Å². The van der Waals surface area contributed by atoms with Gasteiger partial charge in [-0.3, -0.25) is 4.79 Å². The Morgan fingerprint density at radius 3 is 2.81 bits per heavy atom. The van der Waals surface area contributed by atoms with Crippen LogP contribution in [0.2, 0.25) is 0 Å². The second-order valence-corrected chi connectivity index (χ2v) is 3.63. The zero-order valence-corrected chi connectivity index (χ0v) is 9.22. The van der Waals surface area contributed by atoms with Crippen LogP contribution in [0.3, 0.4) is 0 Å². The number of carbonyl (C=O) groups is 1. The van der Waals surface area contributed by atoms with Crippen molar-refractivity contribution in [2.75, 3.05) is 6.61 Å². The van der Waals surface area contributed by atoms with Crippen molar-refractivity contribution < 1.29 is 19.7 Å². The predicted molar refractivity (Wildman–Crippen MR) is 59.6 cm³/mol. The molecule has 0 spiro atoms. The zero-order chi connectivity index (χ0) is 12.0. The van der Waals surface area contributed by atoms with Crippen LogP contribution in [0, 0.1) is 5.92 Å². The fraction of sp³-hybridized carbons (Fsp3) is 0.417. The van der Waals surface area contributed by atoms with Gasteiger partial charge in [-0.2, -0.15) is 0 Å². The summed E-state index contributed by atoms with van der Waals surface area (Å²) in [7, 11) is 0. The van der Waals surface area contributed by atoms with Crippen LogP contribution in [0.1, 0.15) is 19.8 Å². The second-order valence-electron chi connectivity index (χ2n) is 3.63. The summed E-state index contributed by atoms with van der Waals surface area (Å²) in [5.41, 5.74) is 0. The summed E-state index contributed by atoms with van der Waals surface area (Å²) in [5.74, 6) is -0.739. The first-order chi connectivity index (χ1) is 7.63. The smallest absolute Gasteiger partial charge is 0.309 e. The van der Waals surface area contributed by atoms with Crippen LogP contribution in [0.4, 0.5) is 0 Å². The van der Waals surface area contributed by atoms with Gasteiger partial charge in [-0.25, -0.2) is 0 Å². The van der Waals surface area contributed by atoms with Crippen LogP contribution in [0.15, 0.2) is 24.3 Å². The number of carboxylic acids is 1. The number of hydrogen-bond acceptors (Lipinski definition) is 3. The summed E-state index contributed by atoms with van der Waals surface area (Å²) < 4.78 is 5.32. The van der Waals surface area contributed by atoms with Crippen molar-refractivity contribution in [1.82, 2.24) is 0 Å². The Bertz CT molecular complexity index is 349. The molecule has 0 amide bonds. The minimum atomic E-state index is -0.845. The van der Waals surface area contributed by atoms with Crippen LogP contribution in [-0.2, 0) is 4.79 Å². The molecule has 0 radical (unpaired) electrons. The SMILES string of the molecule is CCCC(COc1cccc(O)c1)C(=O)O. The maximum Gasteiger partial charge on any atom is 0.309 e. The number of aliphatic carboxylic acids is 1. The third kappa shape index (κ3) is 3.81. The average molecular weight is 224 g/mol. The minimum absolute atomic E-state index is 0.111. The third-order valence-corrected chi connectivity index (χ3v) is 2.26. The van der Waals surface area contributed by atoms with Gasteiger partial charge in [-0.1, -0.05) is 19.4 Å². The highest BCUT2D eigenvalue weighted by Gasteiger charge is 2.16. The number of ether oxygens (including phenoxy) is 1. The number of rotatable bonds is 6. The van der Waals surface area contributed by atoms with Gasteiger partial charge in [0.25, 0.3) is 0 Å². The van der Waals surface area contributed by atoms with E-state index < -0.39 is 11.9 Å². The lowest BCUT2D eigenvalue weighted by Gasteiger charge is -2.12. The van der Waals surface area contributed by atoms with Gasteiger partial charge in [0.05, 0.1) is 5.92 Å². The number of aromatic hydroxyl groups is 1. The summed E-state index contributed by atoms with van der Waals surface area (Å²) in [6, 6.07) is 6.34. The molecule has 1 rings (SSSR count). The maximum absolute atomic E-state index is 10.8. The first kappa shape index (κ1) is 12.4. The Balaban J connectivity index is 2.51. The van der Waals surface area contributed by atoms with Crippen molar-refractivity contribution in [3.05, 3.63) is 24.3 Å². The normalized spacial score (nSPS) is 12.1. The van der Waals surface area contributed by atoms with Gasteiger partial charge in [0.2, 0.25) is 0 Å². The molecule has 0 saturated carbocycles. The van der Waals surface area contributed by atoms with E-state index in [-0.39, 0.29) is 12.4 Å². The van der Waals surface area contributed by atoms with Crippen LogP contribution >= 0.6 is 0 Å². The monoisotopic (exact) mass is 224 g/mol. The van der Waals surface area contributed by atoms with Gasteiger partial charge in [0.1, 0.15) is 18.1 Å². The summed E-state index contributed by atoms with van der Waals surface area (Å²) in [6.07, 6.45) is 1.40. The highest BCUT2D eigenvalue weighted by molar-refractivity contribution is 5.70. The molecule has 0 aliphatic rings. The summed E-state index contributed by atoms with van der Waals surface area (Å²) in [4.78, 5) is 10.8. The standard InChI is InChI=1S/C12H16O4/c1-2-4-9(12(14)15)8-16-11-6-3-5-10(13)7-11/h3,5-7,9,13H,2,4,8H2,1H3,(H,14,15). The van der Waals surface area contributed by atoms with Gasteiger partial charge in [0, 0.05) is 6.07 Å². The van der Waals surface area contributed by atoms with E-state index in [2.05, 4.69) is 0 Å². The molecule has 0 fully saturated rings. The van der Waals surface area contributed by atoms with E-state index in [0.29, 0.717) is 12.2 Å². The quantitative estimate of drug-likeness (QED) is 0.777. The van der Waals surface area contributed by atoms with Gasteiger partial charge in [-0.05, 0) is 18.6 Å². The summed E-state index contributed by atoms with van der Waals surface area (Å²) in [6.45, 7) is 2.07. The fourth-order valence-corrected chi connectivity index (χ4v) is 1.40. The lowest BCUT2D eigenvalue weighted by molar-refractivity contribution is -0.143. The van der Waals surface area contributed by atoms with Crippen molar-refractivity contribution in [3.63, 3.8) is 0 Å². The van der Waals surface area contributed by atoms with Crippen LogP contribution in [-0.4, -0.2) is 22.8 Å². The number of benzene rings is 1. The van der Waals surface area contributed by atoms with E-state index in [1.165, 1.54) is 12.1 Å². The molecule has 1 unspecified atom stereocenters. The first-order valence-corrected chi connectivity index (χ1v) is 5.28. The lowest BCUT2D eigenvalue weighted by Crippen LogP contribution is -2.21. The molecular formula is C12H16O4. The molecule has 0 aliphatic carbocycles. The Morgan fingerprint density at radius 1 is 1.50 bits per heavy atom. The minimum Gasteiger partial charge on any atom is -0.508 e. The zero-order valence-electron chi connectivity index (χ0n) is 9.22. The Labute approximate surface area is 94.5 Å². The third-order valence-electron chi connectivity index (χ3n) is 2.26. The first-order valence-electron chi connectivity index (χ1n) is 5.28. The lowest BCUT2D eigenvalue weighted by atomic mass is 10.1. The molecule has 4 nitrogen and oxygen atoms in total. The molecule has 0 heterocycles. The van der Waals surface area contributed by atoms with E-state index >= 15 is 0 Å². The average Bonchev–Trinajstić information content (AvgIpc) is 2.24. The molecule has 88 valence electrons. The largest absolute Gasteiger partial charge is 0.508 e. The fourth-order valence-electron chi connectivity index (χ4n) is 1.40. The number of phenols is 1. The Morgan fingerprint density at radius 2 is 2.25 bits per heavy atom. The Hall–Kier alpha value is -1.71. The molecule has 0 saturated heterocycles. The van der Waals surface area contributed by atoms with Crippen molar-refractivity contribution in [2.24, 2.45) is 5.92 Å². The number of carboxylic acid groups (broad SMARTS) is 1. The van der Waals surface area contributed by atoms with Gasteiger partial charge < -0.3 is 14.9 Å². The molecule has 1 aromatic rings. The highest BCUT2D eigenvalue weighted by Crippen LogP contribution is 2.19. The predicted octanol–water partition coefficient (Wildman–Crippen LogP) is 2.27. The number of hydrogen-bond donors (Lipinski definition) is 2. The molecule has 4 heteroatoms. The van der Waals surface area contributed by atoms with E-state index in [1.807, 2.05) is 6.92 Å². The molecular weight excluding hydrogens is 208 g/mol. The van der Waals surface area contributed by atoms with Crippen LogP contribution in [0.25, 0.3) is 0 Å². The van der Waals surface area contributed by atoms with E-state index in [1.54, 1.807) is 12.1 Å². The van der Waals surface area contributed by atoms with E-state index in [9.17, 15) is 9.90 Å². The van der Waals surface area contributed by atoms with Crippen molar-refractivity contribution in [2.45, 2.75) is 19.8 Å². The van der Waals surface area contributed by atoms with E-state index in [0.717, 1.165) is 6.42 Å². The highest BCUT2D eigenvalue weighted by atomic mass is 16.5. The summed E-state index contributed by atoms with van der Waals surface area (Å²) >= 11 is 0. The number of phenolic OH excluding ortho intramolecular Hbond substituents is 1. The summed E-state index contributed by atoms with van der Waals surface area (Å²) in [5, 5.41) is 18.1. The van der Waals surface area contributed by atoms with Gasteiger partial charge >= 0.3 is 5.97 Å². The molecule has 0 aromatic heterocycles. The van der Waals surface area contributed by atoms with Crippen molar-refractivity contribution in [1.29, 1.82) is 0 Å². The molecule has 1 atom stereocenters. The molecule has 1 aromatic carbocycles. The van der Waals surface area contributed by atoms with Crippen molar-refractivity contribution >= 4 is 5.97 Å². The van der Waals surface area contributed by atoms with E-state index in [4.69, 9.17) is 9.84 Å². The van der Waals surface area contributed by atoms with Gasteiger partial charge in [-0.15, -0.1) is 0 Å². The topological polar surface area (TPSA) is 66.8 Å². The van der Waals surface area contributed by atoms with Crippen LogP contribution in [0.5, 0.6) is 11.5 Å². The van der Waals surface area contributed by atoms with Crippen LogP contribution < -0.4 is 4.74 Å². The Kier molecular flexibility index (Phi) is 4.64. The maximum atomic E-state index is 10.8. The van der Waals surface area contributed by atoms with Gasteiger partial charge in [0.15, 0.2) is 0 Å².